The van der Waals surface area contributed by atoms with Crippen molar-refractivity contribution in [1.29, 1.82) is 0 Å². The first-order chi connectivity index (χ1) is 9.49. The molecule has 0 spiro atoms. The van der Waals surface area contributed by atoms with E-state index < -0.39 is 17.2 Å². The molecule has 0 atom stereocenters. The normalized spacial score (nSPS) is 10.1. The van der Waals surface area contributed by atoms with Crippen LogP contribution in [0.15, 0.2) is 41.5 Å². The molecule has 1 heterocycles. The summed E-state index contributed by atoms with van der Waals surface area (Å²) in [6, 6.07) is 4.84. The Kier molecular flexibility index (Phi) is 3.90. The molecular formula is C13H10FN3O2S. The molecule has 0 saturated heterocycles. The molecule has 0 aliphatic heterocycles. The molecule has 0 fully saturated rings. The molecule has 20 heavy (non-hydrogen) atoms. The molecule has 0 unspecified atom stereocenters. The van der Waals surface area contributed by atoms with Crippen LogP contribution in [0.25, 0.3) is 0 Å². The van der Waals surface area contributed by atoms with Gasteiger partial charge in [-0.2, -0.15) is 0 Å². The topological polar surface area (TPSA) is 88.0 Å². The number of carbonyl (C=O) groups is 1. The number of nitrogens with one attached hydrogen (secondary N) is 2. The zero-order chi connectivity index (χ0) is 14.7. The van der Waals surface area contributed by atoms with Gasteiger partial charge in [-0.25, -0.2) is 4.39 Å². The number of hydrogen-bond acceptors (Lipinski definition) is 3. The van der Waals surface area contributed by atoms with Crippen molar-refractivity contribution in [3.05, 3.63) is 63.8 Å². The summed E-state index contributed by atoms with van der Waals surface area (Å²) in [7, 11) is 0. The van der Waals surface area contributed by atoms with Crippen LogP contribution in [0.2, 0.25) is 0 Å². The number of carbonyl (C=O) groups excluding carboxylic acids is 1. The third-order valence-electron chi connectivity index (χ3n) is 2.56. The average Bonchev–Trinajstić information content (AvgIpc) is 2.41. The first-order valence-electron chi connectivity index (χ1n) is 5.57. The summed E-state index contributed by atoms with van der Waals surface area (Å²) < 4.78 is 13.1. The summed E-state index contributed by atoms with van der Waals surface area (Å²) in [6.07, 6.45) is 2.69. The summed E-state index contributed by atoms with van der Waals surface area (Å²) in [5.74, 6) is -1.15. The Bertz CT molecular complexity index is 742. The number of pyridine rings is 1. The highest BCUT2D eigenvalue weighted by atomic mass is 32.1. The van der Waals surface area contributed by atoms with Gasteiger partial charge in [0.05, 0.1) is 5.69 Å². The van der Waals surface area contributed by atoms with E-state index in [1.54, 1.807) is 0 Å². The maximum atomic E-state index is 13.1. The standard InChI is InChI=1S/C13H10FN3O2S/c14-7-1-2-10(8(5-7)12(15)20)17-13(19)9-6-16-4-3-11(9)18/h1-6H,(H2,15,20)(H,16,18)(H,17,19). The highest BCUT2D eigenvalue weighted by Gasteiger charge is 2.13. The van der Waals surface area contributed by atoms with Gasteiger partial charge in [0.15, 0.2) is 5.43 Å². The lowest BCUT2D eigenvalue weighted by molar-refractivity contribution is 0.102. The van der Waals surface area contributed by atoms with E-state index in [-0.39, 0.29) is 21.8 Å². The van der Waals surface area contributed by atoms with Crippen molar-refractivity contribution in [3.8, 4) is 0 Å². The molecule has 2 rings (SSSR count). The zero-order valence-corrected chi connectivity index (χ0v) is 11.0. The van der Waals surface area contributed by atoms with Crippen LogP contribution in [-0.4, -0.2) is 15.9 Å². The maximum Gasteiger partial charge on any atom is 0.261 e. The van der Waals surface area contributed by atoms with Crippen LogP contribution >= 0.6 is 12.2 Å². The van der Waals surface area contributed by atoms with E-state index in [1.807, 2.05) is 0 Å². The number of anilines is 1. The van der Waals surface area contributed by atoms with E-state index in [0.717, 1.165) is 12.1 Å². The molecule has 5 nitrogen and oxygen atoms in total. The fourth-order valence-corrected chi connectivity index (χ4v) is 1.78. The molecule has 0 aliphatic rings. The van der Waals surface area contributed by atoms with E-state index in [2.05, 4.69) is 10.3 Å². The molecule has 1 aromatic carbocycles. The molecule has 1 aromatic heterocycles. The van der Waals surface area contributed by atoms with Gasteiger partial charge < -0.3 is 16.0 Å². The van der Waals surface area contributed by atoms with Crippen molar-refractivity contribution >= 4 is 28.8 Å². The Labute approximate surface area is 118 Å². The van der Waals surface area contributed by atoms with Crippen molar-refractivity contribution in [2.45, 2.75) is 0 Å². The molecule has 0 bridgehead atoms. The number of H-pyrrole nitrogens is 1. The van der Waals surface area contributed by atoms with Crippen molar-refractivity contribution in [2.75, 3.05) is 5.32 Å². The second-order valence-electron chi connectivity index (χ2n) is 3.93. The van der Waals surface area contributed by atoms with Crippen LogP contribution < -0.4 is 16.5 Å². The lowest BCUT2D eigenvalue weighted by Crippen LogP contribution is -2.23. The highest BCUT2D eigenvalue weighted by Crippen LogP contribution is 2.17. The van der Waals surface area contributed by atoms with Gasteiger partial charge in [0.2, 0.25) is 0 Å². The minimum Gasteiger partial charge on any atom is -0.389 e. The van der Waals surface area contributed by atoms with Gasteiger partial charge in [0.25, 0.3) is 5.91 Å². The highest BCUT2D eigenvalue weighted by molar-refractivity contribution is 7.80. The summed E-state index contributed by atoms with van der Waals surface area (Å²) >= 11 is 4.80. The molecule has 7 heteroatoms. The lowest BCUT2D eigenvalue weighted by Gasteiger charge is -2.10. The second kappa shape index (κ2) is 5.62. The fraction of sp³-hybridized carbons (Fsp3) is 0. The summed E-state index contributed by atoms with van der Waals surface area (Å²) in [4.78, 5) is 26.1. The van der Waals surface area contributed by atoms with Gasteiger partial charge in [-0.1, -0.05) is 12.2 Å². The monoisotopic (exact) mass is 291 g/mol. The van der Waals surface area contributed by atoms with Gasteiger partial charge in [0, 0.05) is 24.0 Å². The van der Waals surface area contributed by atoms with E-state index in [9.17, 15) is 14.0 Å². The zero-order valence-electron chi connectivity index (χ0n) is 10.1. The van der Waals surface area contributed by atoms with Crippen molar-refractivity contribution < 1.29 is 9.18 Å². The fourth-order valence-electron chi connectivity index (χ4n) is 1.61. The largest absolute Gasteiger partial charge is 0.389 e. The minimum absolute atomic E-state index is 0.0539. The molecule has 0 saturated carbocycles. The number of thiocarbonyl (C=S) groups is 1. The number of benzene rings is 1. The van der Waals surface area contributed by atoms with E-state index in [1.165, 1.54) is 24.5 Å². The third kappa shape index (κ3) is 2.89. The molecule has 4 N–H and O–H groups in total. The number of rotatable bonds is 3. The number of amides is 1. The van der Waals surface area contributed by atoms with Gasteiger partial charge >= 0.3 is 0 Å². The number of nitrogens with two attached hydrogens (primary N) is 1. The predicted molar refractivity (Wildman–Crippen MR) is 77.3 cm³/mol. The first-order valence-corrected chi connectivity index (χ1v) is 5.97. The smallest absolute Gasteiger partial charge is 0.261 e. The first kappa shape index (κ1) is 13.9. The predicted octanol–water partition coefficient (Wildman–Crippen LogP) is 1.40. The molecule has 0 radical (unpaired) electrons. The number of hydrogen-bond donors (Lipinski definition) is 3. The van der Waals surface area contributed by atoms with Crippen LogP contribution in [0.5, 0.6) is 0 Å². The SMILES string of the molecule is NC(=S)c1cc(F)ccc1NC(=O)c1c[nH]ccc1=O. The molecule has 0 aliphatic carbocycles. The van der Waals surface area contributed by atoms with E-state index >= 15 is 0 Å². The Morgan fingerprint density at radius 1 is 1.30 bits per heavy atom. The number of halogens is 1. The molecule has 2 aromatic rings. The molecule has 1 amide bonds. The van der Waals surface area contributed by atoms with Gasteiger partial charge in [-0.15, -0.1) is 0 Å². The second-order valence-corrected chi connectivity index (χ2v) is 4.37. The molecule has 102 valence electrons. The van der Waals surface area contributed by atoms with Crippen LogP contribution in [0.3, 0.4) is 0 Å². The summed E-state index contributed by atoms with van der Waals surface area (Å²) in [5.41, 5.74) is 5.42. The van der Waals surface area contributed by atoms with E-state index in [0.29, 0.717) is 0 Å². The van der Waals surface area contributed by atoms with Crippen LogP contribution in [-0.2, 0) is 0 Å². The van der Waals surface area contributed by atoms with Crippen LogP contribution in [0, 0.1) is 5.82 Å². The van der Waals surface area contributed by atoms with Crippen LogP contribution in [0.1, 0.15) is 15.9 Å². The van der Waals surface area contributed by atoms with E-state index in [4.69, 9.17) is 18.0 Å². The van der Waals surface area contributed by atoms with Gasteiger partial charge in [-0.3, -0.25) is 9.59 Å². The Hall–Kier alpha value is -2.54. The summed E-state index contributed by atoms with van der Waals surface area (Å²) in [6.45, 7) is 0. The summed E-state index contributed by atoms with van der Waals surface area (Å²) in [5, 5.41) is 2.48. The van der Waals surface area contributed by atoms with Gasteiger partial charge in [-0.05, 0) is 18.2 Å². The quantitative estimate of drug-likeness (QED) is 0.746. The van der Waals surface area contributed by atoms with Crippen molar-refractivity contribution in [1.82, 2.24) is 4.98 Å². The lowest BCUT2D eigenvalue weighted by atomic mass is 10.1. The number of aromatic amines is 1. The minimum atomic E-state index is -0.629. The average molecular weight is 291 g/mol. The third-order valence-corrected chi connectivity index (χ3v) is 2.78. The van der Waals surface area contributed by atoms with Crippen LogP contribution in [0.4, 0.5) is 10.1 Å². The Morgan fingerprint density at radius 2 is 2.05 bits per heavy atom. The Morgan fingerprint density at radius 3 is 2.70 bits per heavy atom. The van der Waals surface area contributed by atoms with Crippen molar-refractivity contribution in [3.63, 3.8) is 0 Å². The van der Waals surface area contributed by atoms with Crippen molar-refractivity contribution in [2.24, 2.45) is 5.73 Å². The maximum absolute atomic E-state index is 13.1. The Balaban J connectivity index is 2.36. The number of aromatic nitrogens is 1. The molecular weight excluding hydrogens is 281 g/mol. The van der Waals surface area contributed by atoms with Gasteiger partial charge in [0.1, 0.15) is 16.4 Å².